The Balaban J connectivity index is 2.36. The van der Waals surface area contributed by atoms with E-state index in [9.17, 15) is 28.2 Å². The highest BCUT2D eigenvalue weighted by Gasteiger charge is 2.52. The minimum atomic E-state index is -4.90. The molecule has 2 aromatic rings. The molecule has 0 fully saturated rings. The molecule has 44 heavy (non-hydrogen) atoms. The van der Waals surface area contributed by atoms with Crippen LogP contribution in [0.5, 0.6) is 5.75 Å². The number of ether oxygens (including phenoxy) is 3. The van der Waals surface area contributed by atoms with Crippen molar-refractivity contribution in [2.45, 2.75) is 84.4 Å². The highest BCUT2D eigenvalue weighted by Crippen LogP contribution is 2.42. The first kappa shape index (κ1) is 34.1. The second-order valence-corrected chi connectivity index (χ2v) is 12.2. The number of rotatable bonds is 7. The van der Waals surface area contributed by atoms with Crippen LogP contribution >= 0.6 is 0 Å². The molecule has 0 radical (unpaired) electrons. The zero-order chi connectivity index (χ0) is 33.1. The Morgan fingerprint density at radius 2 is 1.55 bits per heavy atom. The first-order valence-electron chi connectivity index (χ1n) is 14.1. The molecular formula is C32H39F3N4O5. The molecule has 1 aliphatic heterocycles. The molecule has 0 saturated heterocycles. The molecule has 1 heterocycles. The van der Waals surface area contributed by atoms with Gasteiger partial charge in [0.25, 0.3) is 0 Å². The van der Waals surface area contributed by atoms with Gasteiger partial charge in [-0.05, 0) is 83.2 Å². The van der Waals surface area contributed by atoms with Gasteiger partial charge in [0.15, 0.2) is 5.54 Å². The van der Waals surface area contributed by atoms with Crippen molar-refractivity contribution in [1.82, 2.24) is 9.80 Å². The summed E-state index contributed by atoms with van der Waals surface area (Å²) in [5.74, 6) is -0.808. The highest BCUT2D eigenvalue weighted by molar-refractivity contribution is 6.18. The van der Waals surface area contributed by atoms with Crippen molar-refractivity contribution < 1.29 is 37.0 Å². The van der Waals surface area contributed by atoms with Crippen molar-refractivity contribution in [2.75, 3.05) is 6.54 Å². The van der Waals surface area contributed by atoms with E-state index in [1.165, 1.54) is 17.0 Å². The highest BCUT2D eigenvalue weighted by atomic mass is 19.4. The summed E-state index contributed by atoms with van der Waals surface area (Å²) in [6.07, 6.45) is -4.34. The fourth-order valence-electron chi connectivity index (χ4n) is 4.57. The average Bonchev–Trinajstić information content (AvgIpc) is 3.15. The van der Waals surface area contributed by atoms with E-state index in [4.69, 9.17) is 14.5 Å². The van der Waals surface area contributed by atoms with Crippen molar-refractivity contribution in [2.24, 2.45) is 4.99 Å². The third kappa shape index (κ3) is 7.97. The van der Waals surface area contributed by atoms with E-state index in [1.54, 1.807) is 65.8 Å². The van der Waals surface area contributed by atoms with Crippen molar-refractivity contribution in [3.63, 3.8) is 0 Å². The number of aliphatic imine (C=N–C) groups is 1. The summed E-state index contributed by atoms with van der Waals surface area (Å²) in [5, 5.41) is 9.47. The van der Waals surface area contributed by atoms with E-state index in [1.807, 2.05) is 13.0 Å². The topological polar surface area (TPSA) is 105 Å². The quantitative estimate of drug-likeness (QED) is 0.319. The van der Waals surface area contributed by atoms with Crippen LogP contribution in [0.15, 0.2) is 66.2 Å². The predicted molar refractivity (Wildman–Crippen MR) is 161 cm³/mol. The third-order valence-electron chi connectivity index (χ3n) is 6.15. The van der Waals surface area contributed by atoms with E-state index < -0.39 is 41.0 Å². The second kappa shape index (κ2) is 12.7. The minimum absolute atomic E-state index is 0.133. The van der Waals surface area contributed by atoms with Crippen LogP contribution in [0.1, 0.15) is 71.6 Å². The Bertz CT molecular complexity index is 1400. The van der Waals surface area contributed by atoms with Gasteiger partial charge >= 0.3 is 18.5 Å². The van der Waals surface area contributed by atoms with Crippen LogP contribution in [-0.4, -0.2) is 57.9 Å². The summed E-state index contributed by atoms with van der Waals surface area (Å²) in [5.41, 5.74) is -2.05. The van der Waals surface area contributed by atoms with Crippen LogP contribution in [0.3, 0.4) is 0 Å². The number of hydrogen-bond donors (Lipinski definition) is 1. The molecule has 2 aromatic carbocycles. The number of amides is 2. The molecule has 1 aliphatic rings. The summed E-state index contributed by atoms with van der Waals surface area (Å²) in [6, 6.07) is 12.2. The molecule has 12 heteroatoms. The largest absolute Gasteiger partial charge is 0.573 e. The molecule has 1 atom stereocenters. The fraction of sp³-hybridized carbons (Fsp3) is 0.438. The maximum atomic E-state index is 13.6. The molecule has 0 spiro atoms. The first-order valence-corrected chi connectivity index (χ1v) is 14.1. The van der Waals surface area contributed by atoms with Gasteiger partial charge in [0, 0.05) is 6.54 Å². The number of guanidine groups is 1. The van der Waals surface area contributed by atoms with Gasteiger partial charge in [0.05, 0.1) is 0 Å². The zero-order valence-electron chi connectivity index (χ0n) is 26.0. The molecule has 0 aromatic heterocycles. The monoisotopic (exact) mass is 616 g/mol. The maximum absolute atomic E-state index is 13.6. The summed E-state index contributed by atoms with van der Waals surface area (Å²) >= 11 is 0. The number of allylic oxidation sites excluding steroid dienone is 1. The fourth-order valence-corrected chi connectivity index (χ4v) is 4.57. The smallest absolute Gasteiger partial charge is 0.443 e. The summed E-state index contributed by atoms with van der Waals surface area (Å²) in [6.45, 7) is 15.6. The number of carbonyl (C=O) groups excluding carboxylic acids is 2. The third-order valence-corrected chi connectivity index (χ3v) is 6.15. The van der Waals surface area contributed by atoms with Crippen LogP contribution < -0.4 is 4.74 Å². The molecule has 0 bridgehead atoms. The lowest BCUT2D eigenvalue weighted by Crippen LogP contribution is -2.53. The van der Waals surface area contributed by atoms with Crippen LogP contribution in [0.25, 0.3) is 0 Å². The van der Waals surface area contributed by atoms with Gasteiger partial charge in [-0.15, -0.1) is 24.7 Å². The molecule has 0 saturated carbocycles. The van der Waals surface area contributed by atoms with Gasteiger partial charge in [-0.2, -0.15) is 0 Å². The number of benzene rings is 2. The van der Waals surface area contributed by atoms with Crippen LogP contribution in [0.2, 0.25) is 0 Å². The molecule has 9 nitrogen and oxygen atoms in total. The van der Waals surface area contributed by atoms with Gasteiger partial charge < -0.3 is 14.2 Å². The van der Waals surface area contributed by atoms with Crippen LogP contribution in [0.4, 0.5) is 22.8 Å². The van der Waals surface area contributed by atoms with E-state index in [0.717, 1.165) is 17.7 Å². The number of imide groups is 1. The van der Waals surface area contributed by atoms with E-state index in [-0.39, 0.29) is 18.3 Å². The summed E-state index contributed by atoms with van der Waals surface area (Å²) in [7, 11) is 0. The minimum Gasteiger partial charge on any atom is -0.443 e. The normalized spacial score (nSPS) is 17.2. The first-order chi connectivity index (χ1) is 20.3. The van der Waals surface area contributed by atoms with Gasteiger partial charge in [-0.3, -0.25) is 10.3 Å². The Morgan fingerprint density at radius 3 is 2.02 bits per heavy atom. The Hall–Kier alpha value is -4.35. The van der Waals surface area contributed by atoms with Gasteiger partial charge in [-0.1, -0.05) is 49.4 Å². The van der Waals surface area contributed by atoms with Crippen molar-refractivity contribution in [1.29, 1.82) is 5.41 Å². The van der Waals surface area contributed by atoms with Crippen molar-refractivity contribution in [3.8, 4) is 5.75 Å². The molecule has 3 rings (SSSR count). The van der Waals surface area contributed by atoms with Crippen LogP contribution in [0, 0.1) is 5.41 Å². The van der Waals surface area contributed by atoms with Gasteiger partial charge in [-0.25, -0.2) is 14.6 Å². The number of hydrogen-bond acceptors (Lipinski definition) is 7. The summed E-state index contributed by atoms with van der Waals surface area (Å²) < 4.78 is 54.0. The number of carbonyl (C=O) groups is 2. The Kier molecular flexibility index (Phi) is 9.86. The van der Waals surface area contributed by atoms with Crippen molar-refractivity contribution >= 4 is 24.0 Å². The molecule has 0 aliphatic carbocycles. The zero-order valence-corrected chi connectivity index (χ0v) is 26.0. The predicted octanol–water partition coefficient (Wildman–Crippen LogP) is 7.79. The number of amidine groups is 1. The molecule has 1 unspecified atom stereocenters. The van der Waals surface area contributed by atoms with Crippen molar-refractivity contribution in [3.05, 3.63) is 77.9 Å². The summed E-state index contributed by atoms with van der Waals surface area (Å²) in [4.78, 5) is 34.2. The second-order valence-electron chi connectivity index (χ2n) is 12.2. The van der Waals surface area contributed by atoms with E-state index in [2.05, 4.69) is 11.3 Å². The molecule has 2 amide bonds. The molecule has 1 N–H and O–H groups in total. The van der Waals surface area contributed by atoms with E-state index in [0.29, 0.717) is 28.9 Å². The van der Waals surface area contributed by atoms with Crippen LogP contribution in [-0.2, 0) is 21.4 Å². The lowest BCUT2D eigenvalue weighted by Gasteiger charge is -2.32. The van der Waals surface area contributed by atoms with Gasteiger partial charge in [0.1, 0.15) is 22.8 Å². The number of alkyl halides is 3. The molecule has 238 valence electrons. The lowest BCUT2D eigenvalue weighted by atomic mass is 9.81. The number of nitrogens with one attached hydrogen (secondary N) is 1. The molecular weight excluding hydrogens is 577 g/mol. The van der Waals surface area contributed by atoms with E-state index >= 15 is 0 Å². The number of nitrogens with zero attached hydrogens (tertiary/aromatic N) is 3. The van der Waals surface area contributed by atoms with Gasteiger partial charge in [0.2, 0.25) is 5.96 Å². The Labute approximate surface area is 255 Å². The maximum Gasteiger partial charge on any atom is 0.573 e. The lowest BCUT2D eigenvalue weighted by molar-refractivity contribution is -0.274. The SMILES string of the molecule is C=CCc1cccc(C2(c3ccc(OC(F)(F)F)cc3)N=C(N(C(=O)OC(C)(C)C)C(=O)OC(C)(C)C)N(CCC)C2=N)c1. The Morgan fingerprint density at radius 1 is 0.977 bits per heavy atom. The average molecular weight is 617 g/mol. The standard InChI is InChI=1S/C32H39F3N4O5/c1-9-12-21-13-11-14-23(20-21)31(22-15-17-24(18-16-22)42-32(33,34)35)25(36)38(19-10-2)26(37-31)39(27(40)43-29(3,4)5)28(41)44-30(6,7)8/h9,11,13-18,20,36H,1,10,12,19H2,2-8H3. The number of halogens is 3.